The van der Waals surface area contributed by atoms with E-state index in [1.807, 2.05) is 82.3 Å². The Balaban J connectivity index is 1.26. The molecule has 7 heteroatoms. The van der Waals surface area contributed by atoms with Crippen molar-refractivity contribution in [2.75, 3.05) is 13.1 Å². The molecule has 0 saturated carbocycles. The van der Waals surface area contributed by atoms with Crippen LogP contribution in [0.5, 0.6) is 5.75 Å². The fraction of sp³-hybridized carbons (Fsp3) is 0.312. The minimum atomic E-state index is -0.0823. The van der Waals surface area contributed by atoms with E-state index in [2.05, 4.69) is 29.5 Å². The Morgan fingerprint density at radius 2 is 1.67 bits per heavy atom. The molecule has 0 radical (unpaired) electrons. The Kier molecular flexibility index (Phi) is 6.73. The van der Waals surface area contributed by atoms with E-state index in [-0.39, 0.29) is 17.6 Å². The van der Waals surface area contributed by atoms with E-state index in [4.69, 9.17) is 4.74 Å². The number of rotatable bonds is 7. The second kappa shape index (κ2) is 10.5. The number of para-hydroxylation sites is 2. The number of hydrogen-bond donors (Lipinski definition) is 1. The number of nitrogens with one attached hydrogen (secondary N) is 1. The molecule has 3 aromatic carbocycles. The molecule has 200 valence electrons. The first-order valence-electron chi connectivity index (χ1n) is 13.8. The highest BCUT2D eigenvalue weighted by atomic mass is 16.5. The lowest BCUT2D eigenvalue weighted by atomic mass is 10.0. The van der Waals surface area contributed by atoms with Gasteiger partial charge in [0.25, 0.3) is 5.91 Å². The number of aromatic nitrogens is 3. The number of ether oxygens (including phenoxy) is 1. The first-order chi connectivity index (χ1) is 19.0. The maximum Gasteiger partial charge on any atom is 0.326 e. The Morgan fingerprint density at radius 1 is 0.949 bits per heavy atom. The lowest BCUT2D eigenvalue weighted by Crippen LogP contribution is -2.41. The van der Waals surface area contributed by atoms with Crippen LogP contribution in [0.4, 0.5) is 0 Å². The molecule has 0 aliphatic carbocycles. The molecule has 2 aromatic heterocycles. The van der Waals surface area contributed by atoms with Crippen LogP contribution in [0.3, 0.4) is 0 Å². The van der Waals surface area contributed by atoms with Crippen LogP contribution in [-0.2, 0) is 13.2 Å². The minimum Gasteiger partial charge on any atom is -0.488 e. The summed E-state index contributed by atoms with van der Waals surface area (Å²) >= 11 is 0. The number of H-pyrrole nitrogens is 1. The number of benzene rings is 3. The lowest BCUT2D eigenvalue weighted by molar-refractivity contribution is 0.0684. The van der Waals surface area contributed by atoms with Crippen molar-refractivity contribution in [3.05, 3.63) is 101 Å². The van der Waals surface area contributed by atoms with Gasteiger partial charge in [-0.3, -0.25) is 9.36 Å². The number of nitrogens with zero attached hydrogens (tertiary/aromatic N) is 3. The molecule has 1 amide bonds. The summed E-state index contributed by atoms with van der Waals surface area (Å²) in [5, 5.41) is 0.956. The molecule has 1 aliphatic rings. The van der Waals surface area contributed by atoms with Crippen molar-refractivity contribution in [3.8, 4) is 5.75 Å². The van der Waals surface area contributed by atoms with Gasteiger partial charge in [0.1, 0.15) is 18.1 Å². The summed E-state index contributed by atoms with van der Waals surface area (Å²) in [5.74, 6) is 1.19. The highest BCUT2D eigenvalue weighted by Crippen LogP contribution is 2.32. The molecule has 5 aromatic rings. The second-order valence-corrected chi connectivity index (χ2v) is 10.8. The van der Waals surface area contributed by atoms with Crippen molar-refractivity contribution >= 4 is 27.8 Å². The van der Waals surface area contributed by atoms with Crippen molar-refractivity contribution in [2.24, 2.45) is 5.92 Å². The van der Waals surface area contributed by atoms with Gasteiger partial charge in [0.05, 0.1) is 16.6 Å². The molecule has 6 rings (SSSR count). The first kappa shape index (κ1) is 25.0. The molecule has 1 aliphatic heterocycles. The summed E-state index contributed by atoms with van der Waals surface area (Å²) in [6.07, 6.45) is 1.48. The molecular weight excluding hydrogens is 488 g/mol. The summed E-state index contributed by atoms with van der Waals surface area (Å²) in [6, 6.07) is 26.0. The molecular formula is C32H34N4O3. The van der Waals surface area contributed by atoms with E-state index in [0.29, 0.717) is 31.3 Å². The summed E-state index contributed by atoms with van der Waals surface area (Å²) in [5.41, 5.74) is 4.50. The third-order valence-electron chi connectivity index (χ3n) is 7.65. The van der Waals surface area contributed by atoms with Gasteiger partial charge in [-0.25, -0.2) is 4.79 Å². The van der Waals surface area contributed by atoms with Gasteiger partial charge in [0, 0.05) is 31.1 Å². The van der Waals surface area contributed by atoms with Crippen LogP contribution in [-0.4, -0.2) is 38.0 Å². The standard InChI is InChI=1S/C32H34N4O3/c1-22(2)20-35-27-13-8-14-30(39-21-23-9-4-3-5-10-23)25(27)19-29(35)31(37)34-17-15-24(16-18-34)36-28-12-7-6-11-26(28)33-32(36)38/h3-14,19,22,24H,15-18,20-21H2,1-2H3,(H,33,38). The van der Waals surface area contributed by atoms with Crippen molar-refractivity contribution in [1.29, 1.82) is 0 Å². The topological polar surface area (TPSA) is 72.3 Å². The van der Waals surface area contributed by atoms with Gasteiger partial charge in [0.15, 0.2) is 0 Å². The summed E-state index contributed by atoms with van der Waals surface area (Å²) in [7, 11) is 0. The zero-order chi connectivity index (χ0) is 26.9. The van der Waals surface area contributed by atoms with Gasteiger partial charge in [-0.15, -0.1) is 0 Å². The maximum absolute atomic E-state index is 13.9. The highest BCUT2D eigenvalue weighted by Gasteiger charge is 2.29. The van der Waals surface area contributed by atoms with Crippen LogP contribution in [0, 0.1) is 5.92 Å². The van der Waals surface area contributed by atoms with Gasteiger partial charge >= 0.3 is 5.69 Å². The predicted octanol–water partition coefficient (Wildman–Crippen LogP) is 6.00. The smallest absolute Gasteiger partial charge is 0.326 e. The average Bonchev–Trinajstić information content (AvgIpc) is 3.49. The predicted molar refractivity (Wildman–Crippen MR) is 154 cm³/mol. The number of aromatic amines is 1. The monoisotopic (exact) mass is 522 g/mol. The van der Waals surface area contributed by atoms with E-state index >= 15 is 0 Å². The van der Waals surface area contributed by atoms with E-state index in [0.717, 1.165) is 52.6 Å². The van der Waals surface area contributed by atoms with E-state index in [9.17, 15) is 9.59 Å². The number of amides is 1. The number of carbonyl (C=O) groups is 1. The molecule has 1 fully saturated rings. The first-order valence-corrected chi connectivity index (χ1v) is 13.8. The normalized spacial score (nSPS) is 14.5. The fourth-order valence-electron chi connectivity index (χ4n) is 5.78. The third kappa shape index (κ3) is 4.85. The van der Waals surface area contributed by atoms with Crippen LogP contribution in [0.1, 0.15) is 48.8 Å². The van der Waals surface area contributed by atoms with Gasteiger partial charge in [-0.1, -0.05) is 62.4 Å². The van der Waals surface area contributed by atoms with Crippen LogP contribution < -0.4 is 10.4 Å². The molecule has 0 atom stereocenters. The molecule has 1 N–H and O–H groups in total. The SMILES string of the molecule is CC(C)Cn1c(C(=O)N2CCC(n3c(=O)[nH]c4ccccc43)CC2)cc2c(OCc3ccccc3)cccc21. The molecule has 39 heavy (non-hydrogen) atoms. The third-order valence-corrected chi connectivity index (χ3v) is 7.65. The molecule has 0 spiro atoms. The summed E-state index contributed by atoms with van der Waals surface area (Å²) in [4.78, 5) is 31.5. The summed E-state index contributed by atoms with van der Waals surface area (Å²) < 4.78 is 10.2. The summed E-state index contributed by atoms with van der Waals surface area (Å²) in [6.45, 7) is 6.76. The van der Waals surface area contributed by atoms with Crippen molar-refractivity contribution in [1.82, 2.24) is 19.0 Å². The zero-order valence-corrected chi connectivity index (χ0v) is 22.5. The minimum absolute atomic E-state index is 0.0329. The van der Waals surface area contributed by atoms with Crippen LogP contribution in [0.2, 0.25) is 0 Å². The lowest BCUT2D eigenvalue weighted by Gasteiger charge is -2.33. The number of piperidine rings is 1. The van der Waals surface area contributed by atoms with Gasteiger partial charge in [-0.2, -0.15) is 0 Å². The van der Waals surface area contributed by atoms with Gasteiger partial charge in [-0.05, 0) is 54.7 Å². The number of hydrogen-bond acceptors (Lipinski definition) is 3. The maximum atomic E-state index is 13.9. The zero-order valence-electron chi connectivity index (χ0n) is 22.5. The van der Waals surface area contributed by atoms with E-state index in [1.54, 1.807) is 0 Å². The van der Waals surface area contributed by atoms with Crippen LogP contribution in [0.15, 0.2) is 83.7 Å². The Labute approximate surface area is 227 Å². The molecule has 0 unspecified atom stereocenters. The molecule has 0 bridgehead atoms. The quantitative estimate of drug-likeness (QED) is 0.285. The molecule has 7 nitrogen and oxygen atoms in total. The van der Waals surface area contributed by atoms with Crippen molar-refractivity contribution < 1.29 is 9.53 Å². The number of fused-ring (bicyclic) bond motifs is 2. The van der Waals surface area contributed by atoms with Crippen molar-refractivity contribution in [3.63, 3.8) is 0 Å². The number of likely N-dealkylation sites (tertiary alicyclic amines) is 1. The second-order valence-electron chi connectivity index (χ2n) is 10.8. The molecule has 1 saturated heterocycles. The molecule has 3 heterocycles. The Morgan fingerprint density at radius 3 is 2.44 bits per heavy atom. The van der Waals surface area contributed by atoms with E-state index in [1.165, 1.54) is 0 Å². The van der Waals surface area contributed by atoms with Crippen LogP contribution in [0.25, 0.3) is 21.9 Å². The fourth-order valence-corrected chi connectivity index (χ4v) is 5.78. The van der Waals surface area contributed by atoms with Gasteiger partial charge < -0.3 is 19.2 Å². The number of carbonyl (C=O) groups excluding carboxylic acids is 1. The Bertz CT molecular complexity index is 1670. The van der Waals surface area contributed by atoms with Crippen LogP contribution >= 0.6 is 0 Å². The van der Waals surface area contributed by atoms with E-state index < -0.39 is 0 Å². The van der Waals surface area contributed by atoms with Crippen molar-refractivity contribution in [2.45, 2.75) is 45.9 Å². The van der Waals surface area contributed by atoms with Gasteiger partial charge in [0.2, 0.25) is 0 Å². The largest absolute Gasteiger partial charge is 0.488 e. The highest BCUT2D eigenvalue weighted by molar-refractivity contribution is 6.00. The average molecular weight is 523 g/mol. The Hall–Kier alpha value is -4.26. The number of imidazole rings is 1.